The Morgan fingerprint density at radius 1 is 1.23 bits per heavy atom. The average Bonchev–Trinajstić information content (AvgIpc) is 3.29. The lowest BCUT2D eigenvalue weighted by Crippen LogP contribution is -2.55. The molecule has 0 unspecified atom stereocenters. The van der Waals surface area contributed by atoms with E-state index in [1.165, 1.54) is 6.07 Å². The molecule has 0 spiro atoms. The van der Waals surface area contributed by atoms with Crippen LogP contribution in [0.1, 0.15) is 25.3 Å². The van der Waals surface area contributed by atoms with Crippen LogP contribution in [-0.4, -0.2) is 82.5 Å². The summed E-state index contributed by atoms with van der Waals surface area (Å²) in [7, 11) is 0. The second-order valence-electron chi connectivity index (χ2n) is 7.98. The molecule has 2 aliphatic heterocycles. The summed E-state index contributed by atoms with van der Waals surface area (Å²) in [6.45, 7) is 8.07. The van der Waals surface area contributed by atoms with Gasteiger partial charge in [-0.25, -0.2) is 13.9 Å². The van der Waals surface area contributed by atoms with Crippen molar-refractivity contribution >= 4 is 6.09 Å². The molecule has 4 rings (SSSR count). The van der Waals surface area contributed by atoms with Gasteiger partial charge in [-0.05, 0) is 56.1 Å². The predicted octanol–water partition coefficient (Wildman–Crippen LogP) is 2.75. The Bertz CT molecular complexity index is 836. The topological polar surface area (TPSA) is 53.8 Å². The number of amides is 1. The maximum absolute atomic E-state index is 14.0. The van der Waals surface area contributed by atoms with E-state index in [4.69, 9.17) is 4.74 Å². The molecule has 3 heterocycles. The molecule has 0 bridgehead atoms. The summed E-state index contributed by atoms with van der Waals surface area (Å²) in [5.74, 6) is -0.218. The third-order valence-electron chi connectivity index (χ3n) is 6.02. The van der Waals surface area contributed by atoms with Crippen molar-refractivity contribution in [3.63, 3.8) is 0 Å². The molecular formula is C22H30FN5O2. The van der Waals surface area contributed by atoms with Crippen molar-refractivity contribution in [3.8, 4) is 5.69 Å². The summed E-state index contributed by atoms with van der Waals surface area (Å²) in [5, 5.41) is 4.32. The fourth-order valence-electron chi connectivity index (χ4n) is 4.51. The number of halogens is 1. The Morgan fingerprint density at radius 3 is 2.80 bits per heavy atom. The zero-order valence-electron chi connectivity index (χ0n) is 17.5. The van der Waals surface area contributed by atoms with Crippen LogP contribution in [-0.2, 0) is 11.3 Å². The Hall–Kier alpha value is -2.45. The van der Waals surface area contributed by atoms with Crippen molar-refractivity contribution in [2.75, 3.05) is 45.9 Å². The van der Waals surface area contributed by atoms with E-state index in [1.807, 2.05) is 19.2 Å². The first-order valence-electron chi connectivity index (χ1n) is 10.8. The van der Waals surface area contributed by atoms with Crippen LogP contribution < -0.4 is 0 Å². The van der Waals surface area contributed by atoms with Crippen molar-refractivity contribution < 1.29 is 13.9 Å². The lowest BCUT2D eigenvalue weighted by atomic mass is 10.0. The van der Waals surface area contributed by atoms with Crippen LogP contribution in [0, 0.1) is 5.82 Å². The van der Waals surface area contributed by atoms with Crippen molar-refractivity contribution in [1.29, 1.82) is 0 Å². The molecular weight excluding hydrogens is 385 g/mol. The number of piperazine rings is 1. The Morgan fingerprint density at radius 2 is 2.07 bits per heavy atom. The maximum Gasteiger partial charge on any atom is 0.409 e. The van der Waals surface area contributed by atoms with Crippen molar-refractivity contribution in [3.05, 3.63) is 48.0 Å². The molecule has 1 amide bonds. The van der Waals surface area contributed by atoms with E-state index in [2.05, 4.69) is 14.9 Å². The third kappa shape index (κ3) is 4.82. The highest BCUT2D eigenvalue weighted by molar-refractivity contribution is 5.67. The molecule has 1 atom stereocenters. The summed E-state index contributed by atoms with van der Waals surface area (Å²) in [4.78, 5) is 18.6. The van der Waals surface area contributed by atoms with Gasteiger partial charge in [0, 0.05) is 57.7 Å². The number of piperidine rings is 1. The Kier molecular flexibility index (Phi) is 6.64. The lowest BCUT2D eigenvalue weighted by Gasteiger charge is -2.43. The van der Waals surface area contributed by atoms with Crippen molar-refractivity contribution in [2.45, 2.75) is 32.4 Å². The zero-order valence-corrected chi connectivity index (χ0v) is 17.5. The van der Waals surface area contributed by atoms with Crippen molar-refractivity contribution in [1.82, 2.24) is 24.5 Å². The van der Waals surface area contributed by atoms with Crippen LogP contribution in [0.25, 0.3) is 5.69 Å². The van der Waals surface area contributed by atoms with Gasteiger partial charge in [-0.2, -0.15) is 5.10 Å². The smallest absolute Gasteiger partial charge is 0.409 e. The van der Waals surface area contributed by atoms with Gasteiger partial charge in [0.15, 0.2) is 0 Å². The fraction of sp³-hybridized carbons (Fsp3) is 0.545. The zero-order chi connectivity index (χ0) is 20.9. The molecule has 30 heavy (non-hydrogen) atoms. The molecule has 0 N–H and O–H groups in total. The SMILES string of the molecule is CCOC(=O)N1CCN([C@@H]2CCCN(Cc3cc(F)ccc3-n3cccn3)C2)CC1. The van der Waals surface area contributed by atoms with Crippen molar-refractivity contribution in [2.24, 2.45) is 0 Å². The first-order chi connectivity index (χ1) is 14.6. The summed E-state index contributed by atoms with van der Waals surface area (Å²) in [6.07, 6.45) is 5.69. The van der Waals surface area contributed by atoms with Crippen LogP contribution in [0.2, 0.25) is 0 Å². The number of ether oxygens (including phenoxy) is 1. The molecule has 7 nitrogen and oxygen atoms in total. The Balaban J connectivity index is 1.38. The van der Waals surface area contributed by atoms with Gasteiger partial charge in [0.1, 0.15) is 5.82 Å². The minimum absolute atomic E-state index is 0.209. The second kappa shape index (κ2) is 9.57. The number of carbonyl (C=O) groups is 1. The standard InChI is InChI=1S/C22H30FN5O2/c1-2-30-22(29)27-13-11-26(12-14-27)20-5-3-9-25(17-20)16-18-15-19(23)6-7-21(18)28-10-4-8-24-28/h4,6-8,10,15,20H,2-3,5,9,11-14,16-17H2,1H3/t20-/m1/s1. The normalized spacial score (nSPS) is 21.0. The quantitative estimate of drug-likeness (QED) is 0.752. The van der Waals surface area contributed by atoms with Gasteiger partial charge in [0.25, 0.3) is 0 Å². The number of carbonyl (C=O) groups excluding carboxylic acids is 1. The third-order valence-corrected chi connectivity index (χ3v) is 6.02. The predicted molar refractivity (Wildman–Crippen MR) is 112 cm³/mol. The molecule has 0 radical (unpaired) electrons. The molecule has 1 aromatic carbocycles. The number of hydrogen-bond acceptors (Lipinski definition) is 5. The second-order valence-corrected chi connectivity index (χ2v) is 7.98. The Labute approximate surface area is 177 Å². The summed E-state index contributed by atoms with van der Waals surface area (Å²) >= 11 is 0. The average molecular weight is 416 g/mol. The van der Waals surface area contributed by atoms with Gasteiger partial charge >= 0.3 is 6.09 Å². The summed E-state index contributed by atoms with van der Waals surface area (Å²) in [5.41, 5.74) is 1.87. The molecule has 2 aliphatic rings. The van der Waals surface area contributed by atoms with E-state index in [0.29, 0.717) is 32.3 Å². The number of hydrogen-bond donors (Lipinski definition) is 0. The van der Waals surface area contributed by atoms with E-state index in [1.54, 1.807) is 27.9 Å². The minimum Gasteiger partial charge on any atom is -0.450 e. The van der Waals surface area contributed by atoms with Gasteiger partial charge in [-0.1, -0.05) is 0 Å². The molecule has 8 heteroatoms. The molecule has 0 aliphatic carbocycles. The number of aromatic nitrogens is 2. The van der Waals surface area contributed by atoms with E-state index < -0.39 is 0 Å². The monoisotopic (exact) mass is 415 g/mol. The molecule has 2 saturated heterocycles. The van der Waals surface area contributed by atoms with Gasteiger partial charge in [-0.15, -0.1) is 0 Å². The molecule has 2 fully saturated rings. The molecule has 162 valence electrons. The van der Waals surface area contributed by atoms with E-state index in [-0.39, 0.29) is 11.9 Å². The highest BCUT2D eigenvalue weighted by atomic mass is 19.1. The highest BCUT2D eigenvalue weighted by Gasteiger charge is 2.30. The van der Waals surface area contributed by atoms with Crippen LogP contribution in [0.3, 0.4) is 0 Å². The van der Waals surface area contributed by atoms with E-state index in [0.717, 1.165) is 50.3 Å². The van der Waals surface area contributed by atoms with Gasteiger partial charge in [0.2, 0.25) is 0 Å². The highest BCUT2D eigenvalue weighted by Crippen LogP contribution is 2.23. The largest absolute Gasteiger partial charge is 0.450 e. The number of likely N-dealkylation sites (tertiary alicyclic amines) is 1. The lowest BCUT2D eigenvalue weighted by molar-refractivity contribution is 0.0412. The van der Waals surface area contributed by atoms with Crippen LogP contribution in [0.5, 0.6) is 0 Å². The first-order valence-corrected chi connectivity index (χ1v) is 10.8. The fourth-order valence-corrected chi connectivity index (χ4v) is 4.51. The van der Waals surface area contributed by atoms with Gasteiger partial charge in [0.05, 0.1) is 12.3 Å². The van der Waals surface area contributed by atoms with E-state index >= 15 is 0 Å². The summed E-state index contributed by atoms with van der Waals surface area (Å²) < 4.78 is 20.9. The number of benzene rings is 1. The number of nitrogens with zero attached hydrogens (tertiary/aromatic N) is 5. The molecule has 0 saturated carbocycles. The van der Waals surface area contributed by atoms with Crippen LogP contribution >= 0.6 is 0 Å². The summed E-state index contributed by atoms with van der Waals surface area (Å²) in [6, 6.07) is 7.25. The molecule has 1 aromatic heterocycles. The van der Waals surface area contributed by atoms with Gasteiger partial charge in [-0.3, -0.25) is 9.80 Å². The number of rotatable bonds is 5. The maximum atomic E-state index is 14.0. The minimum atomic E-state index is -0.218. The van der Waals surface area contributed by atoms with Gasteiger partial charge < -0.3 is 9.64 Å². The van der Waals surface area contributed by atoms with Crippen LogP contribution in [0.15, 0.2) is 36.7 Å². The molecule has 2 aromatic rings. The first kappa shape index (κ1) is 20.8. The van der Waals surface area contributed by atoms with Crippen LogP contribution in [0.4, 0.5) is 9.18 Å². The van der Waals surface area contributed by atoms with E-state index in [9.17, 15) is 9.18 Å².